The normalized spacial score (nSPS) is 35.6. The summed E-state index contributed by atoms with van der Waals surface area (Å²) >= 11 is 1.17. The molecule has 2 aliphatic rings. The van der Waals surface area contributed by atoms with Crippen molar-refractivity contribution in [3.05, 3.63) is 0 Å². The van der Waals surface area contributed by atoms with E-state index in [-0.39, 0.29) is 16.8 Å². The number of morpholine rings is 1. The number of thioether (sulfide) groups is 1. The van der Waals surface area contributed by atoms with Crippen molar-refractivity contribution >= 4 is 17.0 Å². The number of amides is 1. The maximum Gasteiger partial charge on any atom is 0.326 e. The molecule has 13 heavy (non-hydrogen) atoms. The molecular formula is C7H11N3O2S. The highest BCUT2D eigenvalue weighted by atomic mass is 32.2. The van der Waals surface area contributed by atoms with Crippen LogP contribution in [0.5, 0.6) is 0 Å². The first-order valence-corrected chi connectivity index (χ1v) is 5.11. The van der Waals surface area contributed by atoms with E-state index in [4.69, 9.17) is 4.74 Å². The van der Waals surface area contributed by atoms with Crippen LogP contribution in [0.1, 0.15) is 6.92 Å². The first-order valence-electron chi connectivity index (χ1n) is 4.23. The first-order chi connectivity index (χ1) is 6.25. The standard InChI is InChI=1S/C7H11N3O2S/c1-5-4-10(2-3-12-5)6-8-9-7(11)13-6/h5-6H,2-4H2,1H3. The molecular weight excluding hydrogens is 190 g/mol. The summed E-state index contributed by atoms with van der Waals surface area (Å²) < 4.78 is 5.39. The molecule has 2 unspecified atom stereocenters. The van der Waals surface area contributed by atoms with Crippen LogP contribution in [-0.4, -0.2) is 41.4 Å². The minimum Gasteiger partial charge on any atom is -0.376 e. The number of carbonyl (C=O) groups is 1. The summed E-state index contributed by atoms with van der Waals surface area (Å²) in [4.78, 5) is 12.9. The molecule has 0 aromatic rings. The zero-order chi connectivity index (χ0) is 9.26. The average Bonchev–Trinajstić information content (AvgIpc) is 2.52. The molecule has 0 N–H and O–H groups in total. The Balaban J connectivity index is 1.93. The molecule has 1 amide bonds. The van der Waals surface area contributed by atoms with Gasteiger partial charge in [0.25, 0.3) is 0 Å². The minimum absolute atomic E-state index is 0.112. The van der Waals surface area contributed by atoms with Crippen LogP contribution in [-0.2, 0) is 4.74 Å². The Morgan fingerprint density at radius 2 is 2.54 bits per heavy atom. The molecule has 2 rings (SSSR count). The largest absolute Gasteiger partial charge is 0.376 e. The third kappa shape index (κ3) is 2.07. The van der Waals surface area contributed by atoms with Crippen molar-refractivity contribution in [1.29, 1.82) is 0 Å². The summed E-state index contributed by atoms with van der Waals surface area (Å²) in [6.45, 7) is 4.38. The van der Waals surface area contributed by atoms with Crippen molar-refractivity contribution in [3.8, 4) is 0 Å². The number of hydrogen-bond acceptors (Lipinski definition) is 5. The first kappa shape index (κ1) is 9.11. The monoisotopic (exact) mass is 201 g/mol. The SMILES string of the molecule is CC1CN(C2N=NC(=O)S2)CCO1. The maximum atomic E-state index is 10.8. The van der Waals surface area contributed by atoms with E-state index in [9.17, 15) is 4.79 Å². The second-order valence-electron chi connectivity index (χ2n) is 3.10. The Hall–Kier alpha value is -0.460. The molecule has 6 heteroatoms. The molecule has 0 radical (unpaired) electrons. The van der Waals surface area contributed by atoms with Crippen molar-refractivity contribution in [2.45, 2.75) is 18.5 Å². The fraction of sp³-hybridized carbons (Fsp3) is 0.857. The van der Waals surface area contributed by atoms with Crippen molar-refractivity contribution in [2.24, 2.45) is 10.2 Å². The van der Waals surface area contributed by atoms with Crippen LogP contribution in [0, 0.1) is 0 Å². The number of carbonyl (C=O) groups excluding carboxylic acids is 1. The summed E-state index contributed by atoms with van der Waals surface area (Å²) in [5, 5.41) is 7.18. The van der Waals surface area contributed by atoms with Gasteiger partial charge in [0.15, 0.2) is 5.50 Å². The third-order valence-corrected chi connectivity index (χ3v) is 2.92. The number of hydrogen-bond donors (Lipinski definition) is 0. The Labute approximate surface area is 80.5 Å². The van der Waals surface area contributed by atoms with Crippen LogP contribution in [0.2, 0.25) is 0 Å². The van der Waals surface area contributed by atoms with Gasteiger partial charge >= 0.3 is 5.24 Å². The lowest BCUT2D eigenvalue weighted by Gasteiger charge is -2.32. The molecule has 1 fully saturated rings. The second kappa shape index (κ2) is 3.73. The Bertz CT molecular complexity index is 246. The lowest BCUT2D eigenvalue weighted by atomic mass is 10.3. The van der Waals surface area contributed by atoms with E-state index in [1.165, 1.54) is 11.8 Å². The fourth-order valence-corrected chi connectivity index (χ4v) is 2.14. The number of azo groups is 1. The van der Waals surface area contributed by atoms with Crippen LogP contribution in [0.3, 0.4) is 0 Å². The molecule has 0 aliphatic carbocycles. The third-order valence-electron chi connectivity index (χ3n) is 2.03. The molecule has 0 aromatic heterocycles. The van der Waals surface area contributed by atoms with Crippen molar-refractivity contribution in [3.63, 3.8) is 0 Å². The molecule has 0 saturated carbocycles. The molecule has 72 valence electrons. The van der Waals surface area contributed by atoms with Crippen molar-refractivity contribution < 1.29 is 9.53 Å². The highest BCUT2D eigenvalue weighted by molar-refractivity contribution is 8.14. The van der Waals surface area contributed by atoms with E-state index in [0.29, 0.717) is 6.61 Å². The van der Waals surface area contributed by atoms with Gasteiger partial charge in [-0.15, -0.1) is 5.11 Å². The summed E-state index contributed by atoms with van der Waals surface area (Å²) in [7, 11) is 0. The predicted molar refractivity (Wildman–Crippen MR) is 48.6 cm³/mol. The van der Waals surface area contributed by atoms with E-state index >= 15 is 0 Å². The van der Waals surface area contributed by atoms with Gasteiger partial charge in [-0.1, -0.05) is 0 Å². The van der Waals surface area contributed by atoms with E-state index in [1.807, 2.05) is 6.92 Å². The van der Waals surface area contributed by atoms with Gasteiger partial charge in [0.1, 0.15) is 0 Å². The smallest absolute Gasteiger partial charge is 0.326 e. The molecule has 0 spiro atoms. The fourth-order valence-electron chi connectivity index (χ4n) is 1.43. The number of ether oxygens (including phenoxy) is 1. The van der Waals surface area contributed by atoms with Gasteiger partial charge in [-0.25, -0.2) is 0 Å². The molecule has 0 aromatic carbocycles. The van der Waals surface area contributed by atoms with Gasteiger partial charge in [-0.05, 0) is 18.7 Å². The molecule has 2 heterocycles. The van der Waals surface area contributed by atoms with E-state index < -0.39 is 0 Å². The van der Waals surface area contributed by atoms with Crippen LogP contribution in [0.15, 0.2) is 10.2 Å². The maximum absolute atomic E-state index is 10.8. The molecule has 0 bridgehead atoms. The second-order valence-corrected chi connectivity index (χ2v) is 4.11. The predicted octanol–water partition coefficient (Wildman–Crippen LogP) is 1.31. The Kier molecular flexibility index (Phi) is 2.61. The molecule has 2 aliphatic heterocycles. The molecule has 1 saturated heterocycles. The zero-order valence-corrected chi connectivity index (χ0v) is 8.16. The van der Waals surface area contributed by atoms with Crippen molar-refractivity contribution in [2.75, 3.05) is 19.7 Å². The lowest BCUT2D eigenvalue weighted by molar-refractivity contribution is -0.0215. The summed E-state index contributed by atoms with van der Waals surface area (Å²) in [6.07, 6.45) is 0.222. The van der Waals surface area contributed by atoms with Crippen LogP contribution in [0.25, 0.3) is 0 Å². The Morgan fingerprint density at radius 3 is 3.15 bits per heavy atom. The van der Waals surface area contributed by atoms with E-state index in [2.05, 4.69) is 15.1 Å². The van der Waals surface area contributed by atoms with E-state index in [1.54, 1.807) is 0 Å². The highest BCUT2D eigenvalue weighted by Gasteiger charge is 2.29. The topological polar surface area (TPSA) is 54.3 Å². The average molecular weight is 201 g/mol. The summed E-state index contributed by atoms with van der Waals surface area (Å²) in [5.74, 6) is 0. The van der Waals surface area contributed by atoms with Gasteiger partial charge in [0.05, 0.1) is 12.7 Å². The molecule has 2 atom stereocenters. The lowest BCUT2D eigenvalue weighted by Crippen LogP contribution is -2.44. The van der Waals surface area contributed by atoms with Gasteiger partial charge in [-0.2, -0.15) is 5.11 Å². The summed E-state index contributed by atoms with van der Waals surface area (Å²) in [6, 6.07) is 0. The van der Waals surface area contributed by atoms with Gasteiger partial charge < -0.3 is 4.74 Å². The minimum atomic E-state index is -0.191. The number of nitrogens with zero attached hydrogens (tertiary/aromatic N) is 3. The Morgan fingerprint density at radius 1 is 1.69 bits per heavy atom. The van der Waals surface area contributed by atoms with Gasteiger partial charge in [0, 0.05) is 13.1 Å². The van der Waals surface area contributed by atoms with Crippen LogP contribution < -0.4 is 0 Å². The van der Waals surface area contributed by atoms with Gasteiger partial charge in [-0.3, -0.25) is 9.69 Å². The van der Waals surface area contributed by atoms with E-state index in [0.717, 1.165) is 13.1 Å². The molecule has 5 nitrogen and oxygen atoms in total. The number of rotatable bonds is 1. The van der Waals surface area contributed by atoms with Crippen molar-refractivity contribution in [1.82, 2.24) is 4.90 Å². The zero-order valence-electron chi connectivity index (χ0n) is 7.34. The van der Waals surface area contributed by atoms with Gasteiger partial charge in [0.2, 0.25) is 0 Å². The highest BCUT2D eigenvalue weighted by Crippen LogP contribution is 2.27. The van der Waals surface area contributed by atoms with Crippen LogP contribution >= 0.6 is 11.8 Å². The van der Waals surface area contributed by atoms with Crippen LogP contribution in [0.4, 0.5) is 4.79 Å². The summed E-state index contributed by atoms with van der Waals surface area (Å²) in [5.41, 5.74) is -0.112. The quantitative estimate of drug-likeness (QED) is 0.642.